The van der Waals surface area contributed by atoms with Crippen LogP contribution in [0.25, 0.3) is 0 Å². The van der Waals surface area contributed by atoms with E-state index in [1.54, 1.807) is 0 Å². The molecule has 1 saturated carbocycles. The van der Waals surface area contributed by atoms with Crippen molar-refractivity contribution >= 4 is 10.2 Å². The van der Waals surface area contributed by atoms with Gasteiger partial charge in [-0.25, -0.2) is 0 Å². The van der Waals surface area contributed by atoms with Crippen molar-refractivity contribution in [2.75, 3.05) is 6.54 Å². The van der Waals surface area contributed by atoms with Crippen molar-refractivity contribution in [3.63, 3.8) is 0 Å². The lowest BCUT2D eigenvalue weighted by Crippen LogP contribution is -2.47. The topological polar surface area (TPSA) is 12.0 Å². The van der Waals surface area contributed by atoms with Gasteiger partial charge < -0.3 is 5.32 Å². The predicted octanol–water partition coefficient (Wildman–Crippen LogP) is 0.478. The molecule has 1 nitrogen and oxygen atoms in total. The van der Waals surface area contributed by atoms with E-state index in [4.69, 9.17) is 0 Å². The molecule has 2 rings (SSSR count). The fourth-order valence-electron chi connectivity index (χ4n) is 2.90. The lowest BCUT2D eigenvalue weighted by atomic mass is 9.75. The molecule has 0 radical (unpaired) electrons. The van der Waals surface area contributed by atoms with E-state index in [0.717, 1.165) is 17.5 Å². The zero-order valence-corrected chi connectivity index (χ0v) is 9.47. The van der Waals surface area contributed by atoms with Gasteiger partial charge in [-0.05, 0) is 36.9 Å². The Morgan fingerprint density at radius 3 is 2.73 bits per heavy atom. The van der Waals surface area contributed by atoms with Crippen molar-refractivity contribution in [3.8, 4) is 0 Å². The minimum absolute atomic E-state index is 0.939. The second-order valence-electron chi connectivity index (χ2n) is 4.24. The quantitative estimate of drug-likeness (QED) is 0.520. The fraction of sp³-hybridized carbons (Fsp3) is 1.00. The Labute approximate surface area is 72.4 Å². The SMILES string of the molecule is [SiH3]C1NCCC2CCCCC21. The first-order valence-corrected chi connectivity index (χ1v) is 6.27. The van der Waals surface area contributed by atoms with Crippen molar-refractivity contribution in [1.82, 2.24) is 5.32 Å². The summed E-state index contributed by atoms with van der Waals surface area (Å²) in [5.41, 5.74) is 0.939. The standard InChI is InChI=1S/C9H19NSi/c11-9-8-4-2-1-3-7(8)5-6-10-9/h7-10H,1-6H2,11H3. The van der Waals surface area contributed by atoms with Crippen molar-refractivity contribution in [2.45, 2.75) is 37.8 Å². The summed E-state index contributed by atoms with van der Waals surface area (Å²) in [5, 5.41) is 3.64. The lowest BCUT2D eigenvalue weighted by Gasteiger charge is -2.40. The lowest BCUT2D eigenvalue weighted by molar-refractivity contribution is 0.168. The van der Waals surface area contributed by atoms with Crippen LogP contribution in [0.3, 0.4) is 0 Å². The van der Waals surface area contributed by atoms with Gasteiger partial charge in [0.1, 0.15) is 0 Å². The van der Waals surface area contributed by atoms with Crippen molar-refractivity contribution in [3.05, 3.63) is 0 Å². The van der Waals surface area contributed by atoms with Crippen LogP contribution in [-0.4, -0.2) is 22.5 Å². The van der Waals surface area contributed by atoms with Gasteiger partial charge in [-0.2, -0.15) is 0 Å². The molecule has 11 heavy (non-hydrogen) atoms. The highest BCUT2D eigenvalue weighted by molar-refractivity contribution is 6.12. The van der Waals surface area contributed by atoms with Crippen LogP contribution in [0.1, 0.15) is 32.1 Å². The van der Waals surface area contributed by atoms with Gasteiger partial charge in [0.25, 0.3) is 0 Å². The number of rotatable bonds is 0. The molecule has 1 aliphatic heterocycles. The monoisotopic (exact) mass is 169 g/mol. The average Bonchev–Trinajstić information content (AvgIpc) is 2.06. The van der Waals surface area contributed by atoms with Crippen LogP contribution in [-0.2, 0) is 0 Å². The van der Waals surface area contributed by atoms with Gasteiger partial charge in [0, 0.05) is 10.2 Å². The third kappa shape index (κ3) is 1.52. The Balaban J connectivity index is 1.99. The van der Waals surface area contributed by atoms with Crippen LogP contribution in [0.4, 0.5) is 0 Å². The van der Waals surface area contributed by atoms with Crippen molar-refractivity contribution < 1.29 is 0 Å². The molecule has 1 saturated heterocycles. The van der Waals surface area contributed by atoms with E-state index >= 15 is 0 Å². The Bertz CT molecular complexity index is 136. The average molecular weight is 169 g/mol. The highest BCUT2D eigenvalue weighted by Crippen LogP contribution is 2.35. The fourth-order valence-corrected chi connectivity index (χ4v) is 4.07. The molecule has 1 N–H and O–H groups in total. The van der Waals surface area contributed by atoms with E-state index in [1.165, 1.54) is 48.9 Å². The Morgan fingerprint density at radius 2 is 1.91 bits per heavy atom. The first-order chi connectivity index (χ1) is 5.38. The summed E-state index contributed by atoms with van der Waals surface area (Å²) in [4.78, 5) is 0. The van der Waals surface area contributed by atoms with E-state index in [9.17, 15) is 0 Å². The van der Waals surface area contributed by atoms with Crippen molar-refractivity contribution in [2.24, 2.45) is 11.8 Å². The smallest absolute Gasteiger partial charge is 0.0244 e. The molecule has 1 aliphatic carbocycles. The van der Waals surface area contributed by atoms with Crippen LogP contribution in [0.5, 0.6) is 0 Å². The second kappa shape index (κ2) is 3.28. The van der Waals surface area contributed by atoms with Gasteiger partial charge in [0.2, 0.25) is 0 Å². The first kappa shape index (κ1) is 7.81. The number of hydrogen-bond donors (Lipinski definition) is 1. The largest absolute Gasteiger partial charge is 0.317 e. The Kier molecular flexibility index (Phi) is 2.32. The van der Waals surface area contributed by atoms with Crippen LogP contribution in [0, 0.1) is 11.8 Å². The summed E-state index contributed by atoms with van der Waals surface area (Å²) < 4.78 is 0. The first-order valence-electron chi connectivity index (χ1n) is 5.11. The summed E-state index contributed by atoms with van der Waals surface area (Å²) in [6.45, 7) is 1.30. The molecule has 64 valence electrons. The van der Waals surface area contributed by atoms with Crippen LogP contribution in [0.15, 0.2) is 0 Å². The second-order valence-corrected chi connectivity index (χ2v) is 5.48. The molecule has 3 atom stereocenters. The number of piperidine rings is 1. The molecule has 0 spiro atoms. The van der Waals surface area contributed by atoms with Crippen LogP contribution < -0.4 is 5.32 Å². The maximum atomic E-state index is 3.64. The molecule has 0 aromatic rings. The summed E-state index contributed by atoms with van der Waals surface area (Å²) in [6.07, 6.45) is 7.53. The van der Waals surface area contributed by atoms with E-state index in [-0.39, 0.29) is 0 Å². The molecule has 1 heterocycles. The molecule has 2 heteroatoms. The summed E-state index contributed by atoms with van der Waals surface area (Å²) in [7, 11) is 1.36. The van der Waals surface area contributed by atoms with Gasteiger partial charge in [0.15, 0.2) is 0 Å². The molecule has 0 aromatic heterocycles. The number of nitrogens with one attached hydrogen (secondary N) is 1. The van der Waals surface area contributed by atoms with Gasteiger partial charge >= 0.3 is 0 Å². The Morgan fingerprint density at radius 1 is 1.09 bits per heavy atom. The molecule has 3 unspecified atom stereocenters. The van der Waals surface area contributed by atoms with Crippen LogP contribution in [0.2, 0.25) is 0 Å². The van der Waals surface area contributed by atoms with Gasteiger partial charge in [0.05, 0.1) is 0 Å². The predicted molar refractivity (Wildman–Crippen MR) is 51.8 cm³/mol. The van der Waals surface area contributed by atoms with E-state index < -0.39 is 0 Å². The van der Waals surface area contributed by atoms with E-state index in [1.807, 2.05) is 0 Å². The molecule has 2 fully saturated rings. The van der Waals surface area contributed by atoms with Gasteiger partial charge in [-0.3, -0.25) is 0 Å². The zero-order valence-electron chi connectivity index (χ0n) is 7.47. The molecule has 0 aromatic carbocycles. The normalized spacial score (nSPS) is 45.3. The van der Waals surface area contributed by atoms with E-state index in [2.05, 4.69) is 5.32 Å². The van der Waals surface area contributed by atoms with Gasteiger partial charge in [-0.1, -0.05) is 19.3 Å². The number of hydrogen-bond acceptors (Lipinski definition) is 1. The summed E-state index contributed by atoms with van der Waals surface area (Å²) >= 11 is 0. The summed E-state index contributed by atoms with van der Waals surface area (Å²) in [5.74, 6) is 2.18. The molecule has 2 aliphatic rings. The third-order valence-electron chi connectivity index (χ3n) is 3.59. The van der Waals surface area contributed by atoms with Crippen molar-refractivity contribution in [1.29, 1.82) is 0 Å². The van der Waals surface area contributed by atoms with Crippen LogP contribution >= 0.6 is 0 Å². The van der Waals surface area contributed by atoms with Gasteiger partial charge in [-0.15, -0.1) is 0 Å². The molecular weight excluding hydrogens is 150 g/mol. The zero-order chi connectivity index (χ0) is 7.68. The Hall–Kier alpha value is 0.177. The minimum atomic E-state index is 0.939. The minimum Gasteiger partial charge on any atom is -0.317 e. The summed E-state index contributed by atoms with van der Waals surface area (Å²) in [6, 6.07) is 0. The molecule has 0 bridgehead atoms. The maximum absolute atomic E-state index is 3.64. The molecule has 0 amide bonds. The van der Waals surface area contributed by atoms with E-state index in [0.29, 0.717) is 0 Å². The molecular formula is C9H19NSi. The highest BCUT2D eigenvalue weighted by Gasteiger charge is 2.31. The number of fused-ring (bicyclic) bond motifs is 1. The third-order valence-corrected chi connectivity index (χ3v) is 4.86. The maximum Gasteiger partial charge on any atom is 0.0244 e. The highest BCUT2D eigenvalue weighted by atomic mass is 28.1.